The molecule has 1 aliphatic heterocycles. The summed E-state index contributed by atoms with van der Waals surface area (Å²) in [7, 11) is 0. The third-order valence-electron chi connectivity index (χ3n) is 3.51. The van der Waals surface area contributed by atoms with Crippen LogP contribution in [0.15, 0.2) is 53.9 Å². The maximum atomic E-state index is 4.38. The van der Waals surface area contributed by atoms with Crippen molar-refractivity contribution in [1.29, 1.82) is 0 Å². The summed E-state index contributed by atoms with van der Waals surface area (Å²) in [6.45, 7) is 9.09. The summed E-state index contributed by atoms with van der Waals surface area (Å²) in [5.74, 6) is 0.539. The van der Waals surface area contributed by atoms with E-state index in [2.05, 4.69) is 32.9 Å². The summed E-state index contributed by atoms with van der Waals surface area (Å²) in [5, 5.41) is 2.07. The van der Waals surface area contributed by atoms with Crippen molar-refractivity contribution < 1.29 is 0 Å². The standard InChI is InChI=1S/C9H8N2.C9H10N2.C2H6/c1-7-4-6-10-8-3-2-5-11-9(7)8;1-7-5-9-8(11-6-7)3-2-4-10-9;1-2/h2-6H,1H3;2-5,7H,6H2,1H3;1-2H3. The van der Waals surface area contributed by atoms with Crippen molar-refractivity contribution in [3.8, 4) is 0 Å². The first-order valence-electron chi connectivity index (χ1n) is 8.38. The van der Waals surface area contributed by atoms with Crippen LogP contribution in [0.2, 0.25) is 0 Å². The molecule has 0 radical (unpaired) electrons. The Balaban J connectivity index is 0.000000158. The molecule has 0 N–H and O–H groups in total. The lowest BCUT2D eigenvalue weighted by atomic mass is 10.1. The normalized spacial score (nSPS) is 14.8. The molecule has 0 bridgehead atoms. The quantitative estimate of drug-likeness (QED) is 0.639. The molecule has 0 fully saturated rings. The van der Waals surface area contributed by atoms with E-state index < -0.39 is 0 Å². The van der Waals surface area contributed by atoms with Gasteiger partial charge in [-0.25, -0.2) is 0 Å². The van der Waals surface area contributed by atoms with Gasteiger partial charge in [-0.3, -0.25) is 19.9 Å². The van der Waals surface area contributed by atoms with E-state index in [4.69, 9.17) is 0 Å². The van der Waals surface area contributed by atoms with Crippen molar-refractivity contribution in [2.45, 2.75) is 27.7 Å². The second kappa shape index (κ2) is 8.87. The third-order valence-corrected chi connectivity index (χ3v) is 3.51. The van der Waals surface area contributed by atoms with Crippen LogP contribution in [-0.2, 0) is 0 Å². The summed E-state index contributed by atoms with van der Waals surface area (Å²) in [5.41, 5.74) is 3.14. The highest BCUT2D eigenvalue weighted by Gasteiger charge is 2.01. The van der Waals surface area contributed by atoms with Gasteiger partial charge in [0.05, 0.1) is 21.7 Å². The van der Waals surface area contributed by atoms with Crippen LogP contribution in [0.1, 0.15) is 26.3 Å². The Kier molecular flexibility index (Phi) is 6.55. The molecule has 0 saturated heterocycles. The SMILES string of the molecule is CC.CC1C=c2ncccc2=NC1.Cc1ccnc2cccnc12. The van der Waals surface area contributed by atoms with Crippen molar-refractivity contribution in [1.82, 2.24) is 15.0 Å². The zero-order valence-corrected chi connectivity index (χ0v) is 14.8. The average Bonchev–Trinajstić information content (AvgIpc) is 2.64. The Bertz CT molecular complexity index is 897. The molecule has 4 nitrogen and oxygen atoms in total. The van der Waals surface area contributed by atoms with Gasteiger partial charge in [0.2, 0.25) is 0 Å². The molecule has 0 spiro atoms. The number of aryl methyl sites for hydroxylation is 1. The van der Waals surface area contributed by atoms with Crippen LogP contribution in [0.5, 0.6) is 0 Å². The number of fused-ring (bicyclic) bond motifs is 2. The summed E-state index contributed by atoms with van der Waals surface area (Å²) < 4.78 is 0. The van der Waals surface area contributed by atoms with Gasteiger partial charge in [0.25, 0.3) is 0 Å². The highest BCUT2D eigenvalue weighted by molar-refractivity contribution is 5.76. The fraction of sp³-hybridized carbons (Fsp3) is 0.300. The van der Waals surface area contributed by atoms with E-state index >= 15 is 0 Å². The lowest BCUT2D eigenvalue weighted by molar-refractivity contribution is 0.740. The fourth-order valence-electron chi connectivity index (χ4n) is 2.35. The molecule has 4 rings (SSSR count). The van der Waals surface area contributed by atoms with Gasteiger partial charge in [-0.1, -0.05) is 26.8 Å². The zero-order valence-electron chi connectivity index (χ0n) is 14.8. The Morgan fingerprint density at radius 3 is 2.46 bits per heavy atom. The molecule has 3 aromatic rings. The number of nitrogens with zero attached hydrogens (tertiary/aromatic N) is 4. The van der Waals surface area contributed by atoms with Gasteiger partial charge < -0.3 is 0 Å². The van der Waals surface area contributed by atoms with Crippen LogP contribution in [0, 0.1) is 12.8 Å². The third kappa shape index (κ3) is 4.44. The molecule has 0 aromatic carbocycles. The molecule has 1 unspecified atom stereocenters. The van der Waals surface area contributed by atoms with Gasteiger partial charge in [-0.15, -0.1) is 0 Å². The summed E-state index contributed by atoms with van der Waals surface area (Å²) in [6, 6.07) is 9.76. The minimum absolute atomic E-state index is 0.539. The van der Waals surface area contributed by atoms with Crippen molar-refractivity contribution in [3.05, 3.63) is 65.2 Å². The topological polar surface area (TPSA) is 51.0 Å². The van der Waals surface area contributed by atoms with Crippen LogP contribution >= 0.6 is 0 Å². The lowest BCUT2D eigenvalue weighted by Crippen LogP contribution is -2.32. The van der Waals surface area contributed by atoms with Gasteiger partial charge in [0.15, 0.2) is 0 Å². The van der Waals surface area contributed by atoms with Gasteiger partial charge >= 0.3 is 0 Å². The van der Waals surface area contributed by atoms with Crippen LogP contribution in [0.4, 0.5) is 0 Å². The van der Waals surface area contributed by atoms with E-state index in [0.717, 1.165) is 28.3 Å². The molecular weight excluding hydrogens is 296 g/mol. The zero-order chi connectivity index (χ0) is 17.4. The van der Waals surface area contributed by atoms with E-state index in [-0.39, 0.29) is 0 Å². The predicted octanol–water partition coefficient (Wildman–Crippen LogP) is 3.10. The average molecular weight is 320 g/mol. The van der Waals surface area contributed by atoms with E-state index in [1.807, 2.05) is 57.3 Å². The predicted molar refractivity (Wildman–Crippen MR) is 99.1 cm³/mol. The van der Waals surface area contributed by atoms with Crippen molar-refractivity contribution in [2.24, 2.45) is 10.9 Å². The molecular formula is C20H24N4. The second-order valence-corrected chi connectivity index (χ2v) is 5.39. The van der Waals surface area contributed by atoms with Gasteiger partial charge in [0.1, 0.15) is 0 Å². The smallest absolute Gasteiger partial charge is 0.0915 e. The van der Waals surface area contributed by atoms with E-state index in [0.29, 0.717) is 5.92 Å². The monoisotopic (exact) mass is 320 g/mol. The van der Waals surface area contributed by atoms with Gasteiger partial charge in [-0.2, -0.15) is 0 Å². The first-order valence-corrected chi connectivity index (χ1v) is 8.38. The van der Waals surface area contributed by atoms with Crippen LogP contribution in [0.25, 0.3) is 17.1 Å². The van der Waals surface area contributed by atoms with E-state index in [1.165, 1.54) is 5.56 Å². The Morgan fingerprint density at radius 1 is 0.917 bits per heavy atom. The molecule has 124 valence electrons. The highest BCUT2D eigenvalue weighted by atomic mass is 14.8. The lowest BCUT2D eigenvalue weighted by Gasteiger charge is -2.04. The Labute approximate surface area is 143 Å². The number of aromatic nitrogens is 3. The number of rotatable bonds is 0. The maximum absolute atomic E-state index is 4.38. The number of hydrogen-bond donors (Lipinski definition) is 0. The molecule has 3 aromatic heterocycles. The van der Waals surface area contributed by atoms with Crippen LogP contribution in [-0.4, -0.2) is 21.5 Å². The Hall–Kier alpha value is -2.62. The second-order valence-electron chi connectivity index (χ2n) is 5.39. The molecule has 0 amide bonds. The fourth-order valence-corrected chi connectivity index (χ4v) is 2.35. The summed E-state index contributed by atoms with van der Waals surface area (Å²) in [4.78, 5) is 17.0. The minimum atomic E-state index is 0.539. The Morgan fingerprint density at radius 2 is 1.67 bits per heavy atom. The van der Waals surface area contributed by atoms with Crippen LogP contribution in [0.3, 0.4) is 0 Å². The highest BCUT2D eigenvalue weighted by Crippen LogP contribution is 2.10. The first-order chi connectivity index (χ1) is 11.7. The summed E-state index contributed by atoms with van der Waals surface area (Å²) in [6.07, 6.45) is 7.57. The molecule has 0 saturated carbocycles. The van der Waals surface area contributed by atoms with Gasteiger partial charge in [-0.05, 0) is 48.7 Å². The molecule has 1 aliphatic rings. The van der Waals surface area contributed by atoms with Crippen molar-refractivity contribution >= 4 is 17.1 Å². The molecule has 24 heavy (non-hydrogen) atoms. The van der Waals surface area contributed by atoms with Crippen molar-refractivity contribution in [2.75, 3.05) is 6.54 Å². The minimum Gasteiger partial charge on any atom is -0.283 e. The number of pyridine rings is 3. The molecule has 4 heterocycles. The molecule has 0 aliphatic carbocycles. The molecule has 1 atom stereocenters. The van der Waals surface area contributed by atoms with E-state index in [9.17, 15) is 0 Å². The first kappa shape index (κ1) is 17.7. The summed E-state index contributed by atoms with van der Waals surface area (Å²) >= 11 is 0. The van der Waals surface area contributed by atoms with Gasteiger partial charge in [0, 0.05) is 25.1 Å². The number of hydrogen-bond acceptors (Lipinski definition) is 4. The van der Waals surface area contributed by atoms with E-state index in [1.54, 1.807) is 12.4 Å². The van der Waals surface area contributed by atoms with Crippen LogP contribution < -0.4 is 10.7 Å². The van der Waals surface area contributed by atoms with Crippen molar-refractivity contribution in [3.63, 3.8) is 0 Å². The largest absolute Gasteiger partial charge is 0.283 e. The molecule has 4 heteroatoms. The maximum Gasteiger partial charge on any atom is 0.0915 e.